The van der Waals surface area contributed by atoms with Crippen molar-refractivity contribution in [3.05, 3.63) is 23.7 Å². The predicted molar refractivity (Wildman–Crippen MR) is 77.7 cm³/mol. The van der Waals surface area contributed by atoms with E-state index >= 15 is 0 Å². The standard InChI is InChI=1S/C14H17ClN4O/c1-9-3-5-11-14(16-9)19(12(7-15)17-11)10-4-6-13(20)18(2)8-10/h3,5,10H,4,6-8H2,1-2H3. The van der Waals surface area contributed by atoms with Crippen LogP contribution >= 0.6 is 11.6 Å². The third-order valence-corrected chi connectivity index (χ3v) is 4.08. The van der Waals surface area contributed by atoms with E-state index in [1.54, 1.807) is 4.90 Å². The molecule has 2 aromatic heterocycles. The zero-order valence-corrected chi connectivity index (χ0v) is 12.4. The molecule has 1 amide bonds. The van der Waals surface area contributed by atoms with Crippen molar-refractivity contribution in [2.75, 3.05) is 13.6 Å². The summed E-state index contributed by atoms with van der Waals surface area (Å²) in [5.74, 6) is 1.37. The quantitative estimate of drug-likeness (QED) is 0.798. The van der Waals surface area contributed by atoms with Crippen molar-refractivity contribution < 1.29 is 4.79 Å². The van der Waals surface area contributed by atoms with Gasteiger partial charge in [-0.3, -0.25) is 4.79 Å². The summed E-state index contributed by atoms with van der Waals surface area (Å²) in [5, 5.41) is 0. The maximum atomic E-state index is 11.6. The van der Waals surface area contributed by atoms with E-state index in [4.69, 9.17) is 11.6 Å². The number of hydrogen-bond acceptors (Lipinski definition) is 3. The highest BCUT2D eigenvalue weighted by atomic mass is 35.5. The third-order valence-electron chi connectivity index (χ3n) is 3.84. The molecule has 0 aliphatic carbocycles. The number of imidazole rings is 1. The Kier molecular flexibility index (Phi) is 3.38. The molecule has 1 saturated heterocycles. The fourth-order valence-corrected chi connectivity index (χ4v) is 2.98. The number of aromatic nitrogens is 3. The molecule has 6 heteroatoms. The first-order chi connectivity index (χ1) is 9.60. The predicted octanol–water partition coefficient (Wildman–Crippen LogP) is 2.27. The van der Waals surface area contributed by atoms with Gasteiger partial charge in [-0.25, -0.2) is 9.97 Å². The zero-order chi connectivity index (χ0) is 14.3. The molecular weight excluding hydrogens is 276 g/mol. The van der Waals surface area contributed by atoms with Crippen LogP contribution in [0.5, 0.6) is 0 Å². The van der Waals surface area contributed by atoms with Gasteiger partial charge in [-0.15, -0.1) is 11.6 Å². The third kappa shape index (κ3) is 2.16. The Balaban J connectivity index is 2.09. The monoisotopic (exact) mass is 292 g/mol. The molecule has 0 spiro atoms. The lowest BCUT2D eigenvalue weighted by Crippen LogP contribution is -2.38. The molecule has 1 aliphatic heterocycles. The van der Waals surface area contributed by atoms with E-state index in [1.807, 2.05) is 26.1 Å². The first kappa shape index (κ1) is 13.4. The molecule has 20 heavy (non-hydrogen) atoms. The number of halogens is 1. The Hall–Kier alpha value is -1.62. The summed E-state index contributed by atoms with van der Waals surface area (Å²) in [4.78, 5) is 22.6. The van der Waals surface area contributed by atoms with E-state index in [1.165, 1.54) is 0 Å². The second kappa shape index (κ2) is 5.05. The minimum atomic E-state index is 0.197. The highest BCUT2D eigenvalue weighted by Crippen LogP contribution is 2.27. The molecule has 2 aromatic rings. The molecular formula is C14H17ClN4O. The van der Waals surface area contributed by atoms with Gasteiger partial charge in [-0.2, -0.15) is 0 Å². The lowest BCUT2D eigenvalue weighted by molar-refractivity contribution is -0.132. The maximum absolute atomic E-state index is 11.6. The Bertz CT molecular complexity index is 666. The van der Waals surface area contributed by atoms with E-state index < -0.39 is 0 Å². The van der Waals surface area contributed by atoms with Crippen LogP contribution in [0.2, 0.25) is 0 Å². The van der Waals surface area contributed by atoms with Crippen LogP contribution in [0, 0.1) is 6.92 Å². The molecule has 5 nitrogen and oxygen atoms in total. The summed E-state index contributed by atoms with van der Waals surface area (Å²) in [5.41, 5.74) is 2.69. The van der Waals surface area contributed by atoms with Gasteiger partial charge in [0.15, 0.2) is 5.65 Å². The molecule has 0 aromatic carbocycles. The number of likely N-dealkylation sites (N-methyl/N-ethyl adjacent to an activating group) is 1. The zero-order valence-electron chi connectivity index (χ0n) is 11.6. The second-order valence-electron chi connectivity index (χ2n) is 5.29. The molecule has 3 heterocycles. The highest BCUT2D eigenvalue weighted by Gasteiger charge is 2.27. The number of aryl methyl sites for hydroxylation is 1. The molecule has 0 saturated carbocycles. The van der Waals surface area contributed by atoms with Crippen molar-refractivity contribution in [2.24, 2.45) is 0 Å². The Labute approximate surface area is 122 Å². The number of alkyl halides is 1. The highest BCUT2D eigenvalue weighted by molar-refractivity contribution is 6.16. The van der Waals surface area contributed by atoms with Crippen molar-refractivity contribution in [3.8, 4) is 0 Å². The number of nitrogens with zero attached hydrogens (tertiary/aromatic N) is 4. The largest absolute Gasteiger partial charge is 0.344 e. The summed E-state index contributed by atoms with van der Waals surface area (Å²) in [7, 11) is 1.84. The Morgan fingerprint density at radius 1 is 1.40 bits per heavy atom. The molecule has 0 N–H and O–H groups in total. The van der Waals surface area contributed by atoms with Gasteiger partial charge in [0.25, 0.3) is 0 Å². The fraction of sp³-hybridized carbons (Fsp3) is 0.500. The normalized spacial score (nSPS) is 19.9. The molecule has 3 rings (SSSR count). The molecule has 0 bridgehead atoms. The van der Waals surface area contributed by atoms with Gasteiger partial charge in [-0.1, -0.05) is 0 Å². The second-order valence-corrected chi connectivity index (χ2v) is 5.56. The van der Waals surface area contributed by atoms with Gasteiger partial charge in [-0.05, 0) is 25.5 Å². The SMILES string of the molecule is Cc1ccc2nc(CCl)n(C3CCC(=O)N(C)C3)c2n1. The van der Waals surface area contributed by atoms with Crippen LogP contribution < -0.4 is 0 Å². The van der Waals surface area contributed by atoms with E-state index in [2.05, 4.69) is 14.5 Å². The van der Waals surface area contributed by atoms with Gasteiger partial charge in [0.1, 0.15) is 11.3 Å². The number of hydrogen-bond donors (Lipinski definition) is 0. The molecule has 1 atom stereocenters. The number of pyridine rings is 1. The summed E-state index contributed by atoms with van der Waals surface area (Å²) < 4.78 is 2.11. The molecule has 106 valence electrons. The summed E-state index contributed by atoms with van der Waals surface area (Å²) in [6.45, 7) is 2.65. The van der Waals surface area contributed by atoms with Crippen LogP contribution in [0.3, 0.4) is 0 Å². The topological polar surface area (TPSA) is 51.0 Å². The van der Waals surface area contributed by atoms with E-state index in [0.717, 1.165) is 29.1 Å². The van der Waals surface area contributed by atoms with Crippen LogP contribution in [0.4, 0.5) is 0 Å². The van der Waals surface area contributed by atoms with Gasteiger partial charge in [0.05, 0.1) is 11.9 Å². The number of carbonyl (C=O) groups excluding carboxylic acids is 1. The van der Waals surface area contributed by atoms with Crippen LogP contribution in [-0.2, 0) is 10.7 Å². The van der Waals surface area contributed by atoms with Crippen LogP contribution in [0.1, 0.15) is 30.4 Å². The number of rotatable bonds is 2. The Morgan fingerprint density at radius 3 is 2.90 bits per heavy atom. The van der Waals surface area contributed by atoms with Gasteiger partial charge in [0.2, 0.25) is 5.91 Å². The summed E-state index contributed by atoms with van der Waals surface area (Å²) in [6, 6.07) is 4.13. The number of fused-ring (bicyclic) bond motifs is 1. The maximum Gasteiger partial charge on any atom is 0.222 e. The lowest BCUT2D eigenvalue weighted by Gasteiger charge is -2.31. The summed E-state index contributed by atoms with van der Waals surface area (Å²) in [6.07, 6.45) is 1.38. The van der Waals surface area contributed by atoms with Crippen LogP contribution in [0.15, 0.2) is 12.1 Å². The number of carbonyl (C=O) groups is 1. The molecule has 1 unspecified atom stereocenters. The lowest BCUT2D eigenvalue weighted by atomic mass is 10.1. The molecule has 1 aliphatic rings. The van der Waals surface area contributed by atoms with Crippen molar-refractivity contribution in [1.82, 2.24) is 19.4 Å². The van der Waals surface area contributed by atoms with E-state index in [0.29, 0.717) is 18.8 Å². The molecule has 0 radical (unpaired) electrons. The van der Waals surface area contributed by atoms with Crippen molar-refractivity contribution in [2.45, 2.75) is 31.7 Å². The number of amides is 1. The average Bonchev–Trinajstić information content (AvgIpc) is 2.79. The summed E-state index contributed by atoms with van der Waals surface area (Å²) >= 11 is 6.04. The van der Waals surface area contributed by atoms with Crippen molar-refractivity contribution in [1.29, 1.82) is 0 Å². The Morgan fingerprint density at radius 2 is 2.20 bits per heavy atom. The van der Waals surface area contributed by atoms with E-state index in [9.17, 15) is 4.79 Å². The first-order valence-electron chi connectivity index (χ1n) is 6.74. The van der Waals surface area contributed by atoms with E-state index in [-0.39, 0.29) is 11.9 Å². The minimum Gasteiger partial charge on any atom is -0.344 e. The van der Waals surface area contributed by atoms with Crippen molar-refractivity contribution in [3.63, 3.8) is 0 Å². The minimum absolute atomic E-state index is 0.197. The first-order valence-corrected chi connectivity index (χ1v) is 7.28. The van der Waals surface area contributed by atoms with Crippen molar-refractivity contribution >= 4 is 28.7 Å². The van der Waals surface area contributed by atoms with Crippen LogP contribution in [-0.4, -0.2) is 38.9 Å². The van der Waals surface area contributed by atoms with Crippen LogP contribution in [0.25, 0.3) is 11.2 Å². The fourth-order valence-electron chi connectivity index (χ4n) is 2.79. The number of piperidine rings is 1. The van der Waals surface area contributed by atoms with Gasteiger partial charge >= 0.3 is 0 Å². The smallest absolute Gasteiger partial charge is 0.222 e. The van der Waals surface area contributed by atoms with Gasteiger partial charge in [0, 0.05) is 25.7 Å². The average molecular weight is 293 g/mol. The van der Waals surface area contributed by atoms with Gasteiger partial charge < -0.3 is 9.47 Å². The molecule has 1 fully saturated rings. The number of likely N-dealkylation sites (tertiary alicyclic amines) is 1.